The lowest BCUT2D eigenvalue weighted by Crippen LogP contribution is -2.51. The van der Waals surface area contributed by atoms with E-state index < -0.39 is 21.5 Å². The van der Waals surface area contributed by atoms with E-state index in [2.05, 4.69) is 4.72 Å². The van der Waals surface area contributed by atoms with Gasteiger partial charge in [0.05, 0.1) is 7.11 Å². The number of hydrogen-bond donors (Lipinski definition) is 2. The van der Waals surface area contributed by atoms with Crippen LogP contribution in [-0.2, 0) is 14.8 Å². The van der Waals surface area contributed by atoms with E-state index in [0.717, 1.165) is 0 Å². The Balaban J connectivity index is 3.22. The van der Waals surface area contributed by atoms with Crippen molar-refractivity contribution in [1.29, 1.82) is 0 Å². The van der Waals surface area contributed by atoms with Crippen molar-refractivity contribution in [3.63, 3.8) is 0 Å². The average Bonchev–Trinajstić information content (AvgIpc) is 2.37. The number of nitrogens with one attached hydrogen (secondary N) is 1. The van der Waals surface area contributed by atoms with Crippen LogP contribution in [0.5, 0.6) is 5.75 Å². The number of benzene rings is 1. The maximum Gasteiger partial charge on any atom is 0.324 e. The van der Waals surface area contributed by atoms with Gasteiger partial charge < -0.3 is 9.84 Å². The molecule has 0 bridgehead atoms. The smallest absolute Gasteiger partial charge is 0.324 e. The molecular formula is C12H17NO5S. The third kappa shape index (κ3) is 3.24. The minimum absolute atomic E-state index is 0.0848. The van der Waals surface area contributed by atoms with Crippen molar-refractivity contribution >= 4 is 16.0 Å². The molecule has 7 heteroatoms. The van der Waals surface area contributed by atoms with Gasteiger partial charge in [0.1, 0.15) is 16.2 Å². The van der Waals surface area contributed by atoms with Crippen molar-refractivity contribution in [1.82, 2.24) is 4.72 Å². The zero-order chi connectivity index (χ0) is 14.7. The number of carboxylic acids is 1. The van der Waals surface area contributed by atoms with E-state index in [1.54, 1.807) is 19.1 Å². The first kappa shape index (κ1) is 15.5. The van der Waals surface area contributed by atoms with Gasteiger partial charge >= 0.3 is 5.97 Å². The predicted molar refractivity (Wildman–Crippen MR) is 69.6 cm³/mol. The highest BCUT2D eigenvalue weighted by atomic mass is 32.2. The van der Waals surface area contributed by atoms with Crippen molar-refractivity contribution in [3.8, 4) is 5.75 Å². The molecule has 1 atom stereocenters. The van der Waals surface area contributed by atoms with Gasteiger partial charge in [-0.25, -0.2) is 8.42 Å². The van der Waals surface area contributed by atoms with E-state index in [0.29, 0.717) is 0 Å². The van der Waals surface area contributed by atoms with Gasteiger partial charge in [0.15, 0.2) is 0 Å². The first-order valence-corrected chi connectivity index (χ1v) is 7.15. The van der Waals surface area contributed by atoms with Gasteiger partial charge in [-0.2, -0.15) is 4.72 Å². The first-order chi connectivity index (χ1) is 8.77. The van der Waals surface area contributed by atoms with Crippen molar-refractivity contribution < 1.29 is 23.1 Å². The van der Waals surface area contributed by atoms with E-state index >= 15 is 0 Å². The van der Waals surface area contributed by atoms with Crippen LogP contribution in [0.4, 0.5) is 0 Å². The maximum absolute atomic E-state index is 12.2. The molecule has 0 saturated carbocycles. The summed E-state index contributed by atoms with van der Waals surface area (Å²) < 4.78 is 31.6. The Kier molecular flexibility index (Phi) is 4.54. The van der Waals surface area contributed by atoms with Crippen molar-refractivity contribution in [2.75, 3.05) is 7.11 Å². The lowest BCUT2D eigenvalue weighted by atomic mass is 10.0. The van der Waals surface area contributed by atoms with Gasteiger partial charge in [-0.15, -0.1) is 0 Å². The van der Waals surface area contributed by atoms with Crippen LogP contribution in [0.3, 0.4) is 0 Å². The molecule has 0 spiro atoms. The summed E-state index contributed by atoms with van der Waals surface area (Å²) in [4.78, 5) is 11.1. The number of ether oxygens (including phenoxy) is 1. The Morgan fingerprint density at radius 1 is 1.42 bits per heavy atom. The zero-order valence-electron chi connectivity index (χ0n) is 11.0. The number of carbonyl (C=O) groups is 1. The molecule has 0 amide bonds. The van der Waals surface area contributed by atoms with Gasteiger partial charge in [-0.05, 0) is 25.5 Å². The molecule has 106 valence electrons. The third-order valence-corrected chi connectivity index (χ3v) is 4.53. The van der Waals surface area contributed by atoms with Crippen molar-refractivity contribution in [3.05, 3.63) is 24.3 Å². The number of para-hydroxylation sites is 1. The largest absolute Gasteiger partial charge is 0.495 e. The Morgan fingerprint density at radius 3 is 2.47 bits per heavy atom. The van der Waals surface area contributed by atoms with Crippen molar-refractivity contribution in [2.24, 2.45) is 0 Å². The molecule has 1 unspecified atom stereocenters. The number of rotatable bonds is 6. The number of methoxy groups -OCH3 is 1. The zero-order valence-corrected chi connectivity index (χ0v) is 11.8. The third-order valence-electron chi connectivity index (χ3n) is 2.90. The highest BCUT2D eigenvalue weighted by Crippen LogP contribution is 2.24. The molecule has 0 aliphatic heterocycles. The standard InChI is InChI=1S/C12H17NO5S/c1-4-12(2,11(14)15)13-19(16,17)10-8-6-5-7-9(10)18-3/h5-8,13H,4H2,1-3H3,(H,14,15). The first-order valence-electron chi connectivity index (χ1n) is 5.67. The molecule has 1 rings (SSSR count). The Labute approximate surface area is 112 Å². The molecule has 6 nitrogen and oxygen atoms in total. The lowest BCUT2D eigenvalue weighted by molar-refractivity contribution is -0.143. The summed E-state index contributed by atoms with van der Waals surface area (Å²) in [5, 5.41) is 9.11. The number of carboxylic acid groups (broad SMARTS) is 1. The highest BCUT2D eigenvalue weighted by Gasteiger charge is 2.37. The molecule has 2 N–H and O–H groups in total. The van der Waals surface area contributed by atoms with Gasteiger partial charge in [-0.3, -0.25) is 4.79 Å². The fourth-order valence-corrected chi connectivity index (χ4v) is 3.07. The SMILES string of the molecule is CCC(C)(NS(=O)(=O)c1ccccc1OC)C(=O)O. The summed E-state index contributed by atoms with van der Waals surface area (Å²) in [7, 11) is -2.62. The predicted octanol–water partition coefficient (Wildman–Crippen LogP) is 1.23. The molecule has 0 heterocycles. The summed E-state index contributed by atoms with van der Waals surface area (Å²) in [6.07, 6.45) is 0.122. The number of hydrogen-bond acceptors (Lipinski definition) is 4. The lowest BCUT2D eigenvalue weighted by Gasteiger charge is -2.24. The monoisotopic (exact) mass is 287 g/mol. The van der Waals surface area contributed by atoms with E-state index in [9.17, 15) is 13.2 Å². The van der Waals surface area contributed by atoms with Crippen LogP contribution in [0, 0.1) is 0 Å². The molecule has 1 aromatic rings. The van der Waals surface area contributed by atoms with Crippen molar-refractivity contribution in [2.45, 2.75) is 30.7 Å². The van der Waals surface area contributed by atoms with Gasteiger partial charge in [0, 0.05) is 0 Å². The summed E-state index contributed by atoms with van der Waals surface area (Å²) in [5.74, 6) is -1.06. The molecular weight excluding hydrogens is 270 g/mol. The Morgan fingerprint density at radius 2 is 2.00 bits per heavy atom. The highest BCUT2D eigenvalue weighted by molar-refractivity contribution is 7.89. The van der Waals surface area contributed by atoms with Crippen LogP contribution in [0.1, 0.15) is 20.3 Å². The number of sulfonamides is 1. The topological polar surface area (TPSA) is 92.7 Å². The fourth-order valence-electron chi connectivity index (χ4n) is 1.46. The molecule has 0 aliphatic carbocycles. The van der Waals surface area contributed by atoms with Gasteiger partial charge in [0.2, 0.25) is 10.0 Å². The van der Waals surface area contributed by atoms with Gasteiger partial charge in [0.25, 0.3) is 0 Å². The van der Waals surface area contributed by atoms with Crippen LogP contribution in [0.25, 0.3) is 0 Å². The molecule has 0 radical (unpaired) electrons. The minimum Gasteiger partial charge on any atom is -0.495 e. The van der Waals surface area contributed by atoms with Crippen LogP contribution in [-0.4, -0.2) is 32.1 Å². The average molecular weight is 287 g/mol. The second-order valence-electron chi connectivity index (χ2n) is 4.25. The fraction of sp³-hybridized carbons (Fsp3) is 0.417. The summed E-state index contributed by atoms with van der Waals surface area (Å²) in [5.41, 5.74) is -1.56. The summed E-state index contributed by atoms with van der Waals surface area (Å²) in [6.45, 7) is 2.92. The van der Waals surface area contributed by atoms with Crippen LogP contribution in [0.15, 0.2) is 29.2 Å². The number of aliphatic carboxylic acids is 1. The molecule has 0 aliphatic rings. The Hall–Kier alpha value is -1.60. The quantitative estimate of drug-likeness (QED) is 0.820. The normalized spacial score (nSPS) is 14.7. The van der Waals surface area contributed by atoms with Gasteiger partial charge in [-0.1, -0.05) is 19.1 Å². The second-order valence-corrected chi connectivity index (χ2v) is 5.90. The van der Waals surface area contributed by atoms with E-state index in [1.807, 2.05) is 0 Å². The second kappa shape index (κ2) is 5.58. The maximum atomic E-state index is 12.2. The minimum atomic E-state index is -3.97. The molecule has 19 heavy (non-hydrogen) atoms. The Bertz CT molecular complexity index is 569. The summed E-state index contributed by atoms with van der Waals surface area (Å²) in [6, 6.07) is 6.03. The van der Waals surface area contributed by atoms with Crippen LogP contribution < -0.4 is 9.46 Å². The van der Waals surface area contributed by atoms with E-state index in [-0.39, 0.29) is 17.1 Å². The van der Waals surface area contributed by atoms with E-state index in [4.69, 9.17) is 9.84 Å². The van der Waals surface area contributed by atoms with E-state index in [1.165, 1.54) is 26.2 Å². The molecule has 0 aromatic heterocycles. The van der Waals surface area contributed by atoms with Crippen LogP contribution in [0.2, 0.25) is 0 Å². The summed E-state index contributed by atoms with van der Waals surface area (Å²) >= 11 is 0. The molecule has 1 aromatic carbocycles. The molecule has 0 fully saturated rings. The van der Waals surface area contributed by atoms with Crippen LogP contribution >= 0.6 is 0 Å². The molecule has 0 saturated heterocycles.